The molecule has 1 aliphatic heterocycles. The predicted molar refractivity (Wildman–Crippen MR) is 106 cm³/mol. The quantitative estimate of drug-likeness (QED) is 0.309. The van der Waals surface area contributed by atoms with Gasteiger partial charge in [-0.1, -0.05) is 32.1 Å². The maximum atomic E-state index is 6.05. The Labute approximate surface area is 153 Å². The number of rotatable bonds is 5. The van der Waals surface area contributed by atoms with Crippen molar-refractivity contribution < 1.29 is 0 Å². The fourth-order valence-corrected chi connectivity index (χ4v) is 3.59. The summed E-state index contributed by atoms with van der Waals surface area (Å²) in [4.78, 5) is 7.15. The first kappa shape index (κ1) is 20.0. The molecule has 0 radical (unpaired) electrons. The lowest BCUT2D eigenvalue weighted by Crippen LogP contribution is -2.40. The molecule has 5 heteroatoms. The number of guanidine groups is 1. The van der Waals surface area contributed by atoms with Gasteiger partial charge in [-0.25, -0.2) is 0 Å². The number of nitrogens with zero attached hydrogens (tertiary/aromatic N) is 2. The van der Waals surface area contributed by atoms with Gasteiger partial charge in [0.25, 0.3) is 0 Å². The van der Waals surface area contributed by atoms with Gasteiger partial charge < -0.3 is 16.0 Å². The summed E-state index contributed by atoms with van der Waals surface area (Å²) >= 11 is 0. The second kappa shape index (κ2) is 11.5. The molecule has 0 aromatic rings. The van der Waals surface area contributed by atoms with Crippen LogP contribution in [-0.2, 0) is 0 Å². The number of hydrogen-bond acceptors (Lipinski definition) is 2. The molecular weight excluding hydrogens is 387 g/mol. The van der Waals surface area contributed by atoms with Gasteiger partial charge in [0.2, 0.25) is 0 Å². The Balaban J connectivity index is 0.00000242. The lowest BCUT2D eigenvalue weighted by molar-refractivity contribution is 0.168. The van der Waals surface area contributed by atoms with E-state index in [1.807, 2.05) is 0 Å². The van der Waals surface area contributed by atoms with Crippen LogP contribution in [0.2, 0.25) is 0 Å². The van der Waals surface area contributed by atoms with Gasteiger partial charge in [0.1, 0.15) is 0 Å². The molecule has 1 aliphatic carbocycles. The van der Waals surface area contributed by atoms with E-state index >= 15 is 0 Å². The van der Waals surface area contributed by atoms with Crippen molar-refractivity contribution in [2.24, 2.45) is 10.7 Å². The van der Waals surface area contributed by atoms with Crippen molar-refractivity contribution in [3.8, 4) is 0 Å². The van der Waals surface area contributed by atoms with Crippen LogP contribution in [0.3, 0.4) is 0 Å². The van der Waals surface area contributed by atoms with E-state index in [1.54, 1.807) is 0 Å². The Morgan fingerprint density at radius 1 is 1.09 bits per heavy atom. The molecule has 2 fully saturated rings. The first-order valence-corrected chi connectivity index (χ1v) is 9.06. The van der Waals surface area contributed by atoms with E-state index in [4.69, 9.17) is 5.73 Å². The molecule has 1 unspecified atom stereocenters. The zero-order valence-electron chi connectivity index (χ0n) is 14.2. The maximum Gasteiger partial charge on any atom is 0.188 e. The summed E-state index contributed by atoms with van der Waals surface area (Å²) in [7, 11) is 0. The molecule has 0 amide bonds. The zero-order chi connectivity index (χ0) is 14.9. The Morgan fingerprint density at radius 3 is 2.32 bits per heavy atom. The highest BCUT2D eigenvalue weighted by molar-refractivity contribution is 14.0. The largest absolute Gasteiger partial charge is 0.370 e. The summed E-state index contributed by atoms with van der Waals surface area (Å²) in [6, 6.07) is 1.19. The van der Waals surface area contributed by atoms with Crippen molar-refractivity contribution in [2.45, 2.75) is 83.2 Å². The van der Waals surface area contributed by atoms with Gasteiger partial charge in [-0.2, -0.15) is 0 Å². The normalized spacial score (nSPS) is 23.4. The van der Waals surface area contributed by atoms with Crippen molar-refractivity contribution in [1.29, 1.82) is 0 Å². The highest BCUT2D eigenvalue weighted by atomic mass is 127. The van der Waals surface area contributed by atoms with E-state index in [2.05, 4.69) is 22.1 Å². The first-order chi connectivity index (χ1) is 10.3. The highest BCUT2D eigenvalue weighted by Gasteiger charge is 2.16. The Morgan fingerprint density at radius 2 is 1.68 bits per heavy atom. The van der Waals surface area contributed by atoms with Crippen LogP contribution in [0.4, 0.5) is 0 Å². The van der Waals surface area contributed by atoms with Crippen LogP contribution in [-0.4, -0.2) is 42.6 Å². The van der Waals surface area contributed by atoms with Crippen LogP contribution in [0.15, 0.2) is 4.99 Å². The van der Waals surface area contributed by atoms with Crippen molar-refractivity contribution in [3.05, 3.63) is 0 Å². The molecule has 22 heavy (non-hydrogen) atoms. The Bertz CT molecular complexity index is 308. The summed E-state index contributed by atoms with van der Waals surface area (Å²) in [5.74, 6) is 0.660. The van der Waals surface area contributed by atoms with Crippen LogP contribution in [0.5, 0.6) is 0 Å². The molecule has 4 nitrogen and oxygen atoms in total. The van der Waals surface area contributed by atoms with E-state index in [1.165, 1.54) is 70.9 Å². The predicted octanol–water partition coefficient (Wildman–Crippen LogP) is 3.50. The summed E-state index contributed by atoms with van der Waals surface area (Å²) < 4.78 is 0. The molecule has 1 saturated heterocycles. The van der Waals surface area contributed by atoms with E-state index < -0.39 is 0 Å². The smallest absolute Gasteiger partial charge is 0.188 e. The summed E-state index contributed by atoms with van der Waals surface area (Å²) in [6.45, 7) is 5.71. The minimum atomic E-state index is 0. The molecule has 0 bridgehead atoms. The molecule has 2 rings (SSSR count). The standard InChI is InChI=1S/C17H34N4.HI/c1-15(21-13-7-4-8-14-21)11-12-19-17(18)20-16-9-5-2-3-6-10-16;/h15-16H,2-14H2,1H3,(H3,18,19,20);1H. The number of piperidine rings is 1. The lowest BCUT2D eigenvalue weighted by Gasteiger charge is -2.32. The minimum Gasteiger partial charge on any atom is -0.370 e. The van der Waals surface area contributed by atoms with E-state index in [9.17, 15) is 0 Å². The third kappa shape index (κ3) is 7.49. The average Bonchev–Trinajstić information content (AvgIpc) is 2.76. The van der Waals surface area contributed by atoms with Gasteiger partial charge in [0.05, 0.1) is 0 Å². The van der Waals surface area contributed by atoms with Gasteiger partial charge in [-0.15, -0.1) is 24.0 Å². The Kier molecular flexibility index (Phi) is 10.4. The minimum absolute atomic E-state index is 0. The van der Waals surface area contributed by atoms with Crippen molar-refractivity contribution in [1.82, 2.24) is 10.2 Å². The van der Waals surface area contributed by atoms with Crippen molar-refractivity contribution in [2.75, 3.05) is 19.6 Å². The van der Waals surface area contributed by atoms with Crippen LogP contribution in [0.25, 0.3) is 0 Å². The van der Waals surface area contributed by atoms with Gasteiger partial charge in [0.15, 0.2) is 5.96 Å². The Hall–Kier alpha value is -0.0400. The SMILES string of the molecule is CC(CCN=C(N)NC1CCCCCC1)N1CCCCC1.I. The fraction of sp³-hybridized carbons (Fsp3) is 0.941. The number of likely N-dealkylation sites (tertiary alicyclic amines) is 1. The molecular formula is C17H35IN4. The second-order valence-corrected chi connectivity index (χ2v) is 6.83. The highest BCUT2D eigenvalue weighted by Crippen LogP contribution is 2.17. The van der Waals surface area contributed by atoms with Crippen LogP contribution in [0, 0.1) is 0 Å². The molecule has 130 valence electrons. The molecule has 0 aromatic heterocycles. The van der Waals surface area contributed by atoms with Crippen LogP contribution < -0.4 is 11.1 Å². The first-order valence-electron chi connectivity index (χ1n) is 9.06. The summed E-state index contributed by atoms with van der Waals surface area (Å²) in [6.07, 6.45) is 13.2. The molecule has 1 atom stereocenters. The molecule has 0 aromatic carbocycles. The zero-order valence-corrected chi connectivity index (χ0v) is 16.6. The molecule has 3 N–H and O–H groups in total. The molecule has 2 aliphatic rings. The van der Waals surface area contributed by atoms with Gasteiger partial charge in [-0.05, 0) is 52.1 Å². The van der Waals surface area contributed by atoms with Crippen molar-refractivity contribution >= 4 is 29.9 Å². The maximum absolute atomic E-state index is 6.05. The number of hydrogen-bond donors (Lipinski definition) is 2. The van der Waals surface area contributed by atoms with E-state index in [-0.39, 0.29) is 24.0 Å². The lowest BCUT2D eigenvalue weighted by atomic mass is 10.1. The molecule has 1 saturated carbocycles. The average molecular weight is 422 g/mol. The van der Waals surface area contributed by atoms with Crippen LogP contribution >= 0.6 is 24.0 Å². The number of nitrogens with one attached hydrogen (secondary N) is 1. The topological polar surface area (TPSA) is 53.6 Å². The molecule has 1 heterocycles. The van der Waals surface area contributed by atoms with Crippen LogP contribution in [0.1, 0.15) is 71.1 Å². The van der Waals surface area contributed by atoms with Gasteiger partial charge in [-0.3, -0.25) is 4.99 Å². The van der Waals surface area contributed by atoms with E-state index in [0.717, 1.165) is 13.0 Å². The third-order valence-corrected chi connectivity index (χ3v) is 5.05. The number of halogens is 1. The third-order valence-electron chi connectivity index (χ3n) is 5.05. The summed E-state index contributed by atoms with van der Waals surface area (Å²) in [5, 5.41) is 3.43. The van der Waals surface area contributed by atoms with E-state index in [0.29, 0.717) is 18.0 Å². The fourth-order valence-electron chi connectivity index (χ4n) is 3.59. The monoisotopic (exact) mass is 422 g/mol. The molecule has 0 spiro atoms. The summed E-state index contributed by atoms with van der Waals surface area (Å²) in [5.41, 5.74) is 6.05. The second-order valence-electron chi connectivity index (χ2n) is 6.83. The van der Waals surface area contributed by atoms with Gasteiger partial charge >= 0.3 is 0 Å². The van der Waals surface area contributed by atoms with Gasteiger partial charge in [0, 0.05) is 18.6 Å². The van der Waals surface area contributed by atoms with Crippen molar-refractivity contribution in [3.63, 3.8) is 0 Å². The number of nitrogens with two attached hydrogens (primary N) is 1. The number of aliphatic imine (C=N–C) groups is 1.